The average molecular weight is 630 g/mol. The summed E-state index contributed by atoms with van der Waals surface area (Å²) >= 11 is 0. The summed E-state index contributed by atoms with van der Waals surface area (Å²) in [5.41, 5.74) is 0.628. The zero-order chi connectivity index (χ0) is 33.5. The number of anilines is 2. The highest BCUT2D eigenvalue weighted by Crippen LogP contribution is 2.43. The number of hydrogen-bond acceptors (Lipinski definition) is 7. The van der Waals surface area contributed by atoms with E-state index in [-0.39, 0.29) is 29.4 Å². The Hall–Kier alpha value is -4.90. The van der Waals surface area contributed by atoms with E-state index in [9.17, 15) is 28.0 Å². The number of carboxylic acid groups (broad SMARTS) is 1. The molecule has 0 bridgehead atoms. The number of esters is 1. The molecule has 4 rings (SSSR count). The molecule has 2 heterocycles. The largest absolute Gasteiger partial charge is 0.483 e. The number of carbonyl (C=O) groups is 2. The van der Waals surface area contributed by atoms with Crippen LogP contribution in [0.5, 0.6) is 0 Å². The van der Waals surface area contributed by atoms with Gasteiger partial charge in [0.05, 0.1) is 57.1 Å². The summed E-state index contributed by atoms with van der Waals surface area (Å²) in [5, 5.41) is 23.1. The van der Waals surface area contributed by atoms with Crippen molar-refractivity contribution in [2.45, 2.75) is 45.3 Å². The van der Waals surface area contributed by atoms with E-state index >= 15 is 0 Å². The van der Waals surface area contributed by atoms with Crippen molar-refractivity contribution in [3.63, 3.8) is 0 Å². The third-order valence-corrected chi connectivity index (χ3v) is 7.65. The summed E-state index contributed by atoms with van der Waals surface area (Å²) in [4.78, 5) is 36.4. The van der Waals surface area contributed by atoms with Crippen LogP contribution in [0.4, 0.5) is 24.8 Å². The summed E-state index contributed by atoms with van der Waals surface area (Å²) in [6.07, 6.45) is -1.96. The van der Waals surface area contributed by atoms with Gasteiger partial charge in [-0.1, -0.05) is 25.5 Å². The number of ether oxygens (including phenoxy) is 1. The summed E-state index contributed by atoms with van der Waals surface area (Å²) in [6.45, 7) is 5.14. The van der Waals surface area contributed by atoms with Crippen molar-refractivity contribution >= 4 is 24.1 Å². The Labute approximate surface area is 258 Å². The van der Waals surface area contributed by atoms with E-state index in [4.69, 9.17) is 14.6 Å². The van der Waals surface area contributed by atoms with Gasteiger partial charge in [-0.05, 0) is 54.8 Å². The predicted octanol–water partition coefficient (Wildman–Crippen LogP) is 4.77. The molecule has 14 heteroatoms. The highest BCUT2D eigenvalue weighted by atomic mass is 19.4. The van der Waals surface area contributed by atoms with Crippen LogP contribution in [0, 0.1) is 11.3 Å². The van der Waals surface area contributed by atoms with Crippen LogP contribution in [0.2, 0.25) is 0 Å². The Bertz CT molecular complexity index is 1670. The Morgan fingerprint density at radius 2 is 1.91 bits per heavy atom. The minimum absolute atomic E-state index is 0.0174. The molecular weight excluding hydrogens is 593 g/mol. The molecule has 1 aliphatic heterocycles. The van der Waals surface area contributed by atoms with E-state index in [1.165, 1.54) is 28.7 Å². The number of nitrogens with one attached hydrogen (secondary N) is 1. The fourth-order valence-corrected chi connectivity index (χ4v) is 5.36. The number of halogens is 3. The third-order valence-electron chi connectivity index (χ3n) is 7.65. The van der Waals surface area contributed by atoms with Crippen LogP contribution in [-0.2, 0) is 26.9 Å². The number of fused-ring (bicyclic) bond motifs is 1. The van der Waals surface area contributed by atoms with Crippen molar-refractivity contribution in [2.75, 3.05) is 39.2 Å². The average Bonchev–Trinajstić information content (AvgIpc) is 3.38. The summed E-state index contributed by atoms with van der Waals surface area (Å²) in [5.74, 6) is -0.730. The molecule has 1 atom stereocenters. The first-order valence-corrected chi connectivity index (χ1v) is 14.1. The molecule has 0 fully saturated rings. The number of aromatic amines is 1. The van der Waals surface area contributed by atoms with E-state index in [0.717, 1.165) is 48.1 Å². The monoisotopic (exact) mass is 629 g/mol. The van der Waals surface area contributed by atoms with Crippen molar-refractivity contribution in [2.24, 2.45) is 0 Å². The molecule has 0 amide bonds. The molecule has 11 nitrogen and oxygen atoms in total. The summed E-state index contributed by atoms with van der Waals surface area (Å²) < 4.78 is 47.9. The number of hydrogen-bond donors (Lipinski definition) is 2. The zero-order valence-electron chi connectivity index (χ0n) is 25.7. The number of aromatic nitrogens is 3. The lowest BCUT2D eigenvalue weighted by Gasteiger charge is -2.36. The maximum absolute atomic E-state index is 13.6. The number of nitriles is 1. The second-order valence-electron chi connectivity index (χ2n) is 11.1. The van der Waals surface area contributed by atoms with Gasteiger partial charge in [0.2, 0.25) is 5.95 Å². The number of nitrogens with zero attached hydrogens (tertiary/aromatic N) is 5. The number of likely N-dealkylation sites (N-methyl/N-ethyl adjacent to an activating group) is 1. The number of benzene rings is 2. The van der Waals surface area contributed by atoms with Crippen LogP contribution in [0.3, 0.4) is 0 Å². The van der Waals surface area contributed by atoms with Crippen molar-refractivity contribution < 1.29 is 37.1 Å². The fraction of sp³-hybridized carbons (Fsp3) is 0.387. The van der Waals surface area contributed by atoms with Crippen molar-refractivity contribution in [1.82, 2.24) is 14.8 Å². The molecule has 0 saturated carbocycles. The van der Waals surface area contributed by atoms with Crippen LogP contribution in [0.25, 0.3) is 0 Å². The molecule has 2 N–H and O–H groups in total. The van der Waals surface area contributed by atoms with Gasteiger partial charge in [0.15, 0.2) is 0 Å². The van der Waals surface area contributed by atoms with Gasteiger partial charge in [0.1, 0.15) is 6.04 Å². The number of unbranched alkanes of at least 4 members (excludes halogenated alkanes) is 1. The van der Waals surface area contributed by atoms with Gasteiger partial charge in [-0.2, -0.15) is 18.4 Å². The van der Waals surface area contributed by atoms with Gasteiger partial charge >= 0.3 is 17.8 Å². The van der Waals surface area contributed by atoms with Crippen molar-refractivity contribution in [1.29, 1.82) is 5.26 Å². The fourth-order valence-electron chi connectivity index (χ4n) is 5.36. The second kappa shape index (κ2) is 14.3. The molecule has 0 saturated heterocycles. The Balaban J connectivity index is 0.00000177. The Morgan fingerprint density at radius 1 is 1.22 bits per heavy atom. The van der Waals surface area contributed by atoms with Crippen molar-refractivity contribution in [3.8, 4) is 6.07 Å². The minimum atomic E-state index is -4.61. The number of quaternary nitrogens is 1. The first kappa shape index (κ1) is 34.6. The Morgan fingerprint density at radius 3 is 2.51 bits per heavy atom. The first-order chi connectivity index (χ1) is 21.2. The third kappa shape index (κ3) is 7.61. The summed E-state index contributed by atoms with van der Waals surface area (Å²) in [7, 11) is 5.45. The lowest BCUT2D eigenvalue weighted by Crippen LogP contribution is -2.42. The summed E-state index contributed by atoms with van der Waals surface area (Å²) in [6, 6.07) is 10.8. The van der Waals surface area contributed by atoms with Crippen LogP contribution >= 0.6 is 0 Å². The molecule has 2 aromatic carbocycles. The van der Waals surface area contributed by atoms with E-state index < -0.39 is 29.4 Å². The molecule has 45 heavy (non-hydrogen) atoms. The molecule has 1 aliphatic rings. The van der Waals surface area contributed by atoms with E-state index in [1.54, 1.807) is 25.1 Å². The van der Waals surface area contributed by atoms with Crippen LogP contribution in [0.1, 0.15) is 55.0 Å². The topological polar surface area (TPSA) is 141 Å². The van der Waals surface area contributed by atoms with Crippen molar-refractivity contribution in [3.05, 3.63) is 86.5 Å². The number of alkyl halides is 3. The smallest absolute Gasteiger partial charge is 0.416 e. The Kier molecular flexibility index (Phi) is 11.0. The number of allylic oxidation sites excluding steroid dienone is 1. The first-order valence-electron chi connectivity index (χ1n) is 14.1. The lowest BCUT2D eigenvalue weighted by atomic mass is 9.89. The molecule has 0 aliphatic carbocycles. The van der Waals surface area contributed by atoms with Gasteiger partial charge in [0.25, 0.3) is 6.47 Å². The van der Waals surface area contributed by atoms with E-state index in [2.05, 4.69) is 37.3 Å². The van der Waals surface area contributed by atoms with E-state index in [0.29, 0.717) is 17.5 Å². The molecule has 0 spiro atoms. The number of methoxy groups -OCH3 is 1. The number of carbonyl (C=O) groups excluding carboxylic acids is 1. The number of rotatable bonds is 9. The SMILES string of the molecule is CCCC[N+](C)(C)CCc1cc(C#N)ccc1[C@@H]1C(C(=O)OC)=C(C)N(c2cccc(C(F)(F)F)c2)c2n[nH]c(=O)n21.O=CO. The lowest BCUT2D eigenvalue weighted by molar-refractivity contribution is -0.890. The maximum atomic E-state index is 13.6. The highest BCUT2D eigenvalue weighted by molar-refractivity contribution is 5.93. The molecule has 3 aromatic rings. The zero-order valence-corrected chi connectivity index (χ0v) is 25.7. The molecule has 240 valence electrons. The molecule has 1 aromatic heterocycles. The van der Waals surface area contributed by atoms with Gasteiger partial charge in [-0.15, -0.1) is 5.10 Å². The number of H-pyrrole nitrogens is 1. The van der Waals surface area contributed by atoms with Crippen LogP contribution in [0.15, 0.2) is 58.5 Å². The van der Waals surface area contributed by atoms with Gasteiger partial charge in [0, 0.05) is 17.8 Å². The highest BCUT2D eigenvalue weighted by Gasteiger charge is 2.41. The van der Waals surface area contributed by atoms with Gasteiger partial charge < -0.3 is 14.3 Å². The standard InChI is InChI=1S/C30H33F3N6O3.CH2O2/c1-6-7-14-39(3,4)15-13-21-16-20(18-34)11-12-24(21)26-25(27(40)42-5)19(2)37(28-35-36-29(41)38(26)28)23-10-8-9-22(17-23)30(31,32)33;2-1-3/h8-12,16-17,26H,6-7,13-15H2,1-5H3;1H,(H,2,3)/p+1/t26-;/m1./s1. The second-order valence-corrected chi connectivity index (χ2v) is 11.1. The maximum Gasteiger partial charge on any atom is 0.416 e. The van der Waals surface area contributed by atoms with Gasteiger partial charge in [-0.25, -0.2) is 19.3 Å². The normalized spacial score (nSPS) is 14.6. The quantitative estimate of drug-likeness (QED) is 0.196. The minimum Gasteiger partial charge on any atom is -0.483 e. The molecule has 0 unspecified atom stereocenters. The van der Waals surface area contributed by atoms with E-state index in [1.807, 2.05) is 0 Å². The van der Waals surface area contributed by atoms with Gasteiger partial charge in [-0.3, -0.25) is 9.69 Å². The predicted molar refractivity (Wildman–Crippen MR) is 160 cm³/mol. The molecule has 0 radical (unpaired) electrons. The molecular formula is C31H36F3N6O5+. The van der Waals surface area contributed by atoms with Crippen LogP contribution in [-0.4, -0.2) is 71.1 Å². The van der Waals surface area contributed by atoms with Crippen LogP contribution < -0.4 is 10.6 Å².